The lowest BCUT2D eigenvalue weighted by Gasteiger charge is -2.39. The predicted octanol–water partition coefficient (Wildman–Crippen LogP) is 0.247. The Balaban J connectivity index is 1.60. The van der Waals surface area contributed by atoms with Crippen molar-refractivity contribution in [3.05, 3.63) is 29.3 Å². The summed E-state index contributed by atoms with van der Waals surface area (Å²) in [6, 6.07) is 5.91. The summed E-state index contributed by atoms with van der Waals surface area (Å²) < 4.78 is 0. The molecule has 25 heavy (non-hydrogen) atoms. The highest BCUT2D eigenvalue weighted by Gasteiger charge is 2.48. The number of benzene rings is 1. The number of piperidine rings is 1. The molecule has 1 aromatic rings. The van der Waals surface area contributed by atoms with E-state index >= 15 is 0 Å². The topological polar surface area (TPSA) is 81.8 Å². The molecule has 0 radical (unpaired) electrons. The van der Waals surface area contributed by atoms with Crippen molar-refractivity contribution in [3.63, 3.8) is 0 Å². The van der Waals surface area contributed by atoms with Gasteiger partial charge in [-0.3, -0.25) is 19.7 Å². The zero-order valence-corrected chi connectivity index (χ0v) is 14.3. The second-order valence-corrected chi connectivity index (χ2v) is 7.12. The van der Waals surface area contributed by atoms with Gasteiger partial charge in [-0.15, -0.1) is 0 Å². The minimum Gasteiger partial charge on any atom is -0.369 e. The first-order chi connectivity index (χ1) is 12.0. The van der Waals surface area contributed by atoms with E-state index in [0.717, 1.165) is 37.4 Å². The minimum atomic E-state index is -0.973. The number of rotatable bonds is 2. The van der Waals surface area contributed by atoms with E-state index in [1.165, 1.54) is 0 Å². The largest absolute Gasteiger partial charge is 0.369 e. The van der Waals surface area contributed by atoms with Gasteiger partial charge in [-0.1, -0.05) is 0 Å². The van der Waals surface area contributed by atoms with Gasteiger partial charge in [0.25, 0.3) is 11.8 Å². The molecule has 1 aromatic carbocycles. The molecule has 0 spiro atoms. The zero-order valence-electron chi connectivity index (χ0n) is 14.3. The summed E-state index contributed by atoms with van der Waals surface area (Å²) in [6.45, 7) is 5.95. The molecule has 3 aliphatic heterocycles. The standard InChI is InChI=1S/C18H22N4O3/c1-18(5-4-15(23)20-17(18)25)22-11-12-10-13(2-3-14(12)16(22)24)21-8-6-19-7-9-21/h2-3,10,19H,4-9,11H2,1H3,(H,20,23,25)/t18-/m1/s1. The Morgan fingerprint density at radius 2 is 1.88 bits per heavy atom. The number of imide groups is 1. The average Bonchev–Trinajstić information content (AvgIpc) is 2.96. The highest BCUT2D eigenvalue weighted by Crippen LogP contribution is 2.35. The summed E-state index contributed by atoms with van der Waals surface area (Å²) in [5.74, 6) is -0.784. The number of carbonyl (C=O) groups excluding carboxylic acids is 3. The van der Waals surface area contributed by atoms with E-state index in [-0.39, 0.29) is 24.1 Å². The molecule has 2 saturated heterocycles. The van der Waals surface area contributed by atoms with Crippen LogP contribution in [0.15, 0.2) is 18.2 Å². The van der Waals surface area contributed by atoms with E-state index < -0.39 is 5.54 Å². The number of anilines is 1. The van der Waals surface area contributed by atoms with Gasteiger partial charge in [-0.25, -0.2) is 0 Å². The van der Waals surface area contributed by atoms with Crippen LogP contribution in [0.3, 0.4) is 0 Å². The molecule has 1 atom stereocenters. The Labute approximate surface area is 146 Å². The number of hydrogen-bond acceptors (Lipinski definition) is 5. The fourth-order valence-corrected chi connectivity index (χ4v) is 3.88. The van der Waals surface area contributed by atoms with Gasteiger partial charge in [0.1, 0.15) is 5.54 Å². The van der Waals surface area contributed by atoms with Gasteiger partial charge in [-0.05, 0) is 37.1 Å². The molecular formula is C18H22N4O3. The van der Waals surface area contributed by atoms with Crippen molar-refractivity contribution < 1.29 is 14.4 Å². The third-order valence-corrected chi connectivity index (χ3v) is 5.55. The molecule has 132 valence electrons. The number of fused-ring (bicyclic) bond motifs is 1. The van der Waals surface area contributed by atoms with Crippen molar-refractivity contribution in [2.24, 2.45) is 0 Å². The van der Waals surface area contributed by atoms with Crippen LogP contribution >= 0.6 is 0 Å². The molecule has 2 fully saturated rings. The first-order valence-corrected chi connectivity index (χ1v) is 8.74. The lowest BCUT2D eigenvalue weighted by Crippen LogP contribution is -2.61. The Morgan fingerprint density at radius 1 is 1.12 bits per heavy atom. The van der Waals surface area contributed by atoms with E-state index in [4.69, 9.17) is 0 Å². The van der Waals surface area contributed by atoms with Crippen molar-refractivity contribution in [1.82, 2.24) is 15.5 Å². The molecule has 0 aliphatic carbocycles. The Morgan fingerprint density at radius 3 is 2.60 bits per heavy atom. The average molecular weight is 342 g/mol. The van der Waals surface area contributed by atoms with Crippen LogP contribution in [0.2, 0.25) is 0 Å². The molecule has 3 aliphatic rings. The molecule has 2 N–H and O–H groups in total. The molecule has 7 heteroatoms. The van der Waals surface area contributed by atoms with Crippen LogP contribution in [0.1, 0.15) is 35.7 Å². The maximum Gasteiger partial charge on any atom is 0.255 e. The quantitative estimate of drug-likeness (QED) is 0.753. The highest BCUT2D eigenvalue weighted by molar-refractivity contribution is 6.07. The number of nitrogens with zero attached hydrogens (tertiary/aromatic N) is 2. The monoisotopic (exact) mass is 342 g/mol. The molecule has 3 amide bonds. The first kappa shape index (κ1) is 16.1. The van der Waals surface area contributed by atoms with Crippen molar-refractivity contribution in [1.29, 1.82) is 0 Å². The Bertz CT molecular complexity index is 757. The number of piperazine rings is 1. The van der Waals surface area contributed by atoms with Crippen molar-refractivity contribution in [3.8, 4) is 0 Å². The third-order valence-electron chi connectivity index (χ3n) is 5.55. The number of nitrogens with one attached hydrogen (secondary N) is 2. The van der Waals surface area contributed by atoms with E-state index in [1.54, 1.807) is 11.8 Å². The zero-order chi connectivity index (χ0) is 17.6. The fraction of sp³-hybridized carbons (Fsp3) is 0.500. The summed E-state index contributed by atoms with van der Waals surface area (Å²) in [5, 5.41) is 5.70. The molecule has 0 aromatic heterocycles. The Hall–Kier alpha value is -2.41. The van der Waals surface area contributed by atoms with Crippen LogP contribution in [0, 0.1) is 0 Å². The Kier molecular flexibility index (Phi) is 3.76. The second kappa shape index (κ2) is 5.84. The van der Waals surface area contributed by atoms with Crippen LogP contribution < -0.4 is 15.5 Å². The molecule has 0 saturated carbocycles. The highest BCUT2D eigenvalue weighted by atomic mass is 16.2. The molecular weight excluding hydrogens is 320 g/mol. The van der Waals surface area contributed by atoms with Crippen molar-refractivity contribution in [2.45, 2.75) is 31.8 Å². The van der Waals surface area contributed by atoms with Crippen molar-refractivity contribution >= 4 is 23.4 Å². The van der Waals surface area contributed by atoms with Crippen LogP contribution in [0.4, 0.5) is 5.69 Å². The van der Waals surface area contributed by atoms with Crippen LogP contribution in [-0.2, 0) is 16.1 Å². The summed E-state index contributed by atoms with van der Waals surface area (Å²) in [7, 11) is 0. The summed E-state index contributed by atoms with van der Waals surface area (Å²) >= 11 is 0. The van der Waals surface area contributed by atoms with E-state index in [2.05, 4.69) is 21.6 Å². The minimum absolute atomic E-state index is 0.131. The molecule has 0 bridgehead atoms. The number of hydrogen-bond donors (Lipinski definition) is 2. The fourth-order valence-electron chi connectivity index (χ4n) is 3.88. The third kappa shape index (κ3) is 2.59. The SMILES string of the molecule is C[C@@]1(N2Cc3cc(N4CCNCC4)ccc3C2=O)CCC(=O)NC1=O. The second-order valence-electron chi connectivity index (χ2n) is 7.12. The molecule has 3 heterocycles. The smallest absolute Gasteiger partial charge is 0.255 e. The summed E-state index contributed by atoms with van der Waals surface area (Å²) in [4.78, 5) is 40.6. The van der Waals surface area contributed by atoms with Crippen LogP contribution in [0.25, 0.3) is 0 Å². The normalized spacial score (nSPS) is 26.7. The van der Waals surface area contributed by atoms with E-state index in [9.17, 15) is 14.4 Å². The van der Waals surface area contributed by atoms with Gasteiger partial charge >= 0.3 is 0 Å². The molecule has 0 unspecified atom stereocenters. The molecule has 4 rings (SSSR count). The summed E-state index contributed by atoms with van der Waals surface area (Å²) in [6.07, 6.45) is 0.621. The van der Waals surface area contributed by atoms with Crippen LogP contribution in [0.5, 0.6) is 0 Å². The first-order valence-electron chi connectivity index (χ1n) is 8.74. The lowest BCUT2D eigenvalue weighted by atomic mass is 9.89. The maximum absolute atomic E-state index is 12.9. The number of carbonyl (C=O) groups is 3. The van der Waals surface area contributed by atoms with E-state index in [1.807, 2.05) is 12.1 Å². The van der Waals surface area contributed by atoms with Crippen LogP contribution in [-0.4, -0.2) is 54.3 Å². The van der Waals surface area contributed by atoms with Gasteiger partial charge in [0.15, 0.2) is 0 Å². The van der Waals surface area contributed by atoms with Gasteiger partial charge in [0.05, 0.1) is 0 Å². The molecule has 7 nitrogen and oxygen atoms in total. The van der Waals surface area contributed by atoms with Gasteiger partial charge in [0, 0.05) is 50.4 Å². The van der Waals surface area contributed by atoms with Crippen molar-refractivity contribution in [2.75, 3.05) is 31.1 Å². The number of amides is 3. The van der Waals surface area contributed by atoms with Gasteiger partial charge in [0.2, 0.25) is 5.91 Å². The summed E-state index contributed by atoms with van der Waals surface area (Å²) in [5.41, 5.74) is 1.75. The van der Waals surface area contributed by atoms with Gasteiger partial charge < -0.3 is 15.1 Å². The predicted molar refractivity (Wildman–Crippen MR) is 92.2 cm³/mol. The lowest BCUT2D eigenvalue weighted by molar-refractivity contribution is -0.142. The van der Waals surface area contributed by atoms with Gasteiger partial charge in [-0.2, -0.15) is 0 Å². The maximum atomic E-state index is 12.9. The van der Waals surface area contributed by atoms with E-state index in [0.29, 0.717) is 18.5 Å².